The van der Waals surface area contributed by atoms with Gasteiger partial charge in [-0.1, -0.05) is 22.0 Å². The first-order valence-corrected chi connectivity index (χ1v) is 12.7. The number of primary amides is 1. The van der Waals surface area contributed by atoms with Gasteiger partial charge in [0.1, 0.15) is 24.4 Å². The number of nitrogens with zero attached hydrogens (tertiary/aromatic N) is 4. The van der Waals surface area contributed by atoms with Gasteiger partial charge in [0.15, 0.2) is 5.69 Å². The van der Waals surface area contributed by atoms with E-state index in [0.717, 1.165) is 42.8 Å². The fourth-order valence-corrected chi connectivity index (χ4v) is 4.65. The summed E-state index contributed by atoms with van der Waals surface area (Å²) in [6.07, 6.45) is 1.41. The number of hydrogen-bond donors (Lipinski definition) is 4. The average molecular weight is 604 g/mol. The average Bonchev–Trinajstić information content (AvgIpc) is 3.50. The van der Waals surface area contributed by atoms with E-state index < -0.39 is 11.8 Å². The normalized spacial score (nSPS) is 13.7. The number of fused-ring (bicyclic) bond motifs is 1. The quantitative estimate of drug-likeness (QED) is 0.243. The number of nitrogens with one attached hydrogen (secondary N) is 3. The van der Waals surface area contributed by atoms with Crippen molar-refractivity contribution in [1.29, 1.82) is 0 Å². The SMILES string of the molecule is Cc1ccc(Br)cc1-n1cnc(C(N)=O)c1C(=O)Nc1nc2ccc(OCCN3CCNCC3)cc2[nH]1.Cl. The Morgan fingerprint density at radius 3 is 2.74 bits per heavy atom. The molecular formula is C25H28BrClN8O3. The standard InChI is InChI=1S/C25H27BrN8O3.ClH/c1-15-2-3-16(26)12-20(15)34-14-29-21(23(27)35)22(34)24(36)32-25-30-18-5-4-17(13-19(18)31-25)37-11-10-33-8-6-28-7-9-33;/h2-5,12-14,28H,6-11H2,1H3,(H2,27,35)(H2,30,31,32,36);1H. The third kappa shape index (κ3) is 5.99. The number of piperazine rings is 1. The number of hydrogen-bond acceptors (Lipinski definition) is 7. The second-order valence-electron chi connectivity index (χ2n) is 8.77. The second kappa shape index (κ2) is 11.9. The first-order valence-electron chi connectivity index (χ1n) is 11.9. The number of carbonyl (C=O) groups is 2. The van der Waals surface area contributed by atoms with Gasteiger partial charge in [-0.15, -0.1) is 12.4 Å². The molecule has 1 aliphatic heterocycles. The predicted octanol–water partition coefficient (Wildman–Crippen LogP) is 2.88. The third-order valence-electron chi connectivity index (χ3n) is 6.22. The van der Waals surface area contributed by atoms with Gasteiger partial charge in [-0.2, -0.15) is 0 Å². The van der Waals surface area contributed by atoms with Gasteiger partial charge in [0.2, 0.25) is 5.95 Å². The maximum absolute atomic E-state index is 13.3. The van der Waals surface area contributed by atoms with Gasteiger partial charge in [-0.05, 0) is 36.8 Å². The van der Waals surface area contributed by atoms with Crippen LogP contribution in [0.4, 0.5) is 5.95 Å². The molecule has 0 unspecified atom stereocenters. The smallest absolute Gasteiger partial charge is 0.277 e. The molecule has 0 bridgehead atoms. The summed E-state index contributed by atoms with van der Waals surface area (Å²) in [6.45, 7) is 7.37. The molecule has 2 aromatic carbocycles. The van der Waals surface area contributed by atoms with Crippen LogP contribution in [0.3, 0.4) is 0 Å². The van der Waals surface area contributed by atoms with Crippen LogP contribution in [-0.2, 0) is 0 Å². The van der Waals surface area contributed by atoms with Crippen molar-refractivity contribution in [1.82, 2.24) is 29.7 Å². The summed E-state index contributed by atoms with van der Waals surface area (Å²) in [5, 5.41) is 6.08. The Hall–Kier alpha value is -3.45. The number of carbonyl (C=O) groups excluding carboxylic acids is 2. The Balaban J connectivity index is 0.00000336. The number of rotatable bonds is 8. The van der Waals surface area contributed by atoms with Crippen molar-refractivity contribution in [2.45, 2.75) is 6.92 Å². The lowest BCUT2D eigenvalue weighted by Gasteiger charge is -2.26. The Bertz CT molecular complexity index is 1460. The molecule has 0 aliphatic carbocycles. The van der Waals surface area contributed by atoms with Crippen molar-refractivity contribution in [2.24, 2.45) is 5.73 Å². The van der Waals surface area contributed by atoms with E-state index in [2.05, 4.69) is 46.4 Å². The van der Waals surface area contributed by atoms with Crippen LogP contribution in [0.1, 0.15) is 26.5 Å². The fourth-order valence-electron chi connectivity index (χ4n) is 4.30. The first-order chi connectivity index (χ1) is 17.9. The summed E-state index contributed by atoms with van der Waals surface area (Å²) in [7, 11) is 0. The number of ether oxygens (including phenoxy) is 1. The molecule has 11 nitrogen and oxygen atoms in total. The summed E-state index contributed by atoms with van der Waals surface area (Å²) in [6, 6.07) is 11.1. The number of aromatic amines is 1. The van der Waals surface area contributed by atoms with Gasteiger partial charge in [-0.25, -0.2) is 9.97 Å². The maximum atomic E-state index is 13.3. The molecule has 1 aliphatic rings. The zero-order valence-corrected chi connectivity index (χ0v) is 23.1. The van der Waals surface area contributed by atoms with Gasteiger partial charge in [0.05, 0.1) is 16.7 Å². The van der Waals surface area contributed by atoms with Crippen LogP contribution in [0.2, 0.25) is 0 Å². The minimum atomic E-state index is -0.802. The molecule has 0 saturated carbocycles. The lowest BCUT2D eigenvalue weighted by atomic mass is 10.2. The van der Waals surface area contributed by atoms with Crippen LogP contribution in [0, 0.1) is 6.92 Å². The Labute approximate surface area is 233 Å². The lowest BCUT2D eigenvalue weighted by molar-refractivity contribution is 0.0970. The molecule has 2 amide bonds. The van der Waals surface area contributed by atoms with E-state index >= 15 is 0 Å². The summed E-state index contributed by atoms with van der Waals surface area (Å²) in [5.41, 5.74) is 8.36. The van der Waals surface area contributed by atoms with Crippen molar-refractivity contribution in [3.05, 3.63) is 64.1 Å². The molecule has 4 aromatic rings. The fraction of sp³-hybridized carbons (Fsp3) is 0.280. The number of H-pyrrole nitrogens is 1. The predicted molar refractivity (Wildman–Crippen MR) is 151 cm³/mol. The van der Waals surface area contributed by atoms with Crippen LogP contribution in [0.5, 0.6) is 5.75 Å². The molecule has 1 fully saturated rings. The molecule has 1 saturated heterocycles. The highest BCUT2D eigenvalue weighted by Gasteiger charge is 2.25. The summed E-state index contributed by atoms with van der Waals surface area (Å²) in [4.78, 5) is 39.4. The molecule has 0 atom stereocenters. The van der Waals surface area contributed by atoms with Crippen molar-refractivity contribution in [3.63, 3.8) is 0 Å². The highest BCUT2D eigenvalue weighted by molar-refractivity contribution is 9.10. The third-order valence-corrected chi connectivity index (χ3v) is 6.71. The van der Waals surface area contributed by atoms with Gasteiger partial charge >= 0.3 is 0 Å². The molecule has 3 heterocycles. The van der Waals surface area contributed by atoms with Gasteiger partial charge in [0, 0.05) is 43.3 Å². The van der Waals surface area contributed by atoms with E-state index in [1.807, 2.05) is 43.3 Å². The number of amides is 2. The topological polar surface area (TPSA) is 143 Å². The van der Waals surface area contributed by atoms with Crippen LogP contribution in [0.15, 0.2) is 47.2 Å². The first kappa shape index (κ1) is 27.6. The molecule has 0 spiro atoms. The number of anilines is 1. The number of aromatic nitrogens is 4. The van der Waals surface area contributed by atoms with E-state index in [0.29, 0.717) is 29.1 Å². The van der Waals surface area contributed by atoms with Crippen LogP contribution in [-0.4, -0.2) is 75.6 Å². The van der Waals surface area contributed by atoms with E-state index in [9.17, 15) is 9.59 Å². The zero-order chi connectivity index (χ0) is 25.9. The van der Waals surface area contributed by atoms with Crippen molar-refractivity contribution >= 4 is 57.1 Å². The monoisotopic (exact) mass is 602 g/mol. The van der Waals surface area contributed by atoms with Crippen molar-refractivity contribution in [2.75, 3.05) is 44.6 Å². The van der Waals surface area contributed by atoms with E-state index in [4.69, 9.17) is 10.5 Å². The largest absolute Gasteiger partial charge is 0.492 e. The number of aryl methyl sites for hydroxylation is 1. The molecule has 0 radical (unpaired) electrons. The highest BCUT2D eigenvalue weighted by Crippen LogP contribution is 2.25. The number of benzene rings is 2. The second-order valence-corrected chi connectivity index (χ2v) is 9.68. The highest BCUT2D eigenvalue weighted by atomic mass is 79.9. The van der Waals surface area contributed by atoms with E-state index in [1.165, 1.54) is 6.33 Å². The number of nitrogens with two attached hydrogens (primary N) is 1. The maximum Gasteiger partial charge on any atom is 0.277 e. The van der Waals surface area contributed by atoms with E-state index in [-0.39, 0.29) is 29.7 Å². The number of imidazole rings is 2. The Morgan fingerprint density at radius 2 is 1.97 bits per heavy atom. The zero-order valence-electron chi connectivity index (χ0n) is 20.7. The number of halogens is 2. The van der Waals surface area contributed by atoms with Crippen molar-refractivity contribution < 1.29 is 14.3 Å². The van der Waals surface area contributed by atoms with Gasteiger partial charge < -0.3 is 20.8 Å². The van der Waals surface area contributed by atoms with Gasteiger partial charge in [-0.3, -0.25) is 24.4 Å². The Morgan fingerprint density at radius 1 is 1.18 bits per heavy atom. The molecule has 38 heavy (non-hydrogen) atoms. The summed E-state index contributed by atoms with van der Waals surface area (Å²) >= 11 is 3.45. The Kier molecular flexibility index (Phi) is 8.67. The lowest BCUT2D eigenvalue weighted by Crippen LogP contribution is -2.44. The summed E-state index contributed by atoms with van der Waals surface area (Å²) in [5.74, 6) is -0.434. The molecule has 13 heteroatoms. The van der Waals surface area contributed by atoms with Gasteiger partial charge in [0.25, 0.3) is 11.8 Å². The molecule has 200 valence electrons. The molecule has 5 N–H and O–H groups in total. The molecule has 5 rings (SSSR count). The van der Waals surface area contributed by atoms with Crippen LogP contribution in [0.25, 0.3) is 16.7 Å². The molecule has 2 aromatic heterocycles. The van der Waals surface area contributed by atoms with Crippen LogP contribution >= 0.6 is 28.3 Å². The van der Waals surface area contributed by atoms with Crippen molar-refractivity contribution in [3.8, 4) is 11.4 Å². The minimum Gasteiger partial charge on any atom is -0.492 e. The summed E-state index contributed by atoms with van der Waals surface area (Å²) < 4.78 is 8.29. The minimum absolute atomic E-state index is 0. The van der Waals surface area contributed by atoms with Crippen LogP contribution < -0.4 is 21.1 Å². The van der Waals surface area contributed by atoms with E-state index in [1.54, 1.807) is 4.57 Å². The molecular weight excluding hydrogens is 576 g/mol.